The molecule has 17 heavy (non-hydrogen) atoms. The van der Waals surface area contributed by atoms with Crippen molar-refractivity contribution in [2.75, 3.05) is 0 Å². The van der Waals surface area contributed by atoms with Crippen LogP contribution in [-0.4, -0.2) is 4.57 Å². The van der Waals surface area contributed by atoms with Gasteiger partial charge in [0.15, 0.2) is 0 Å². The molecule has 0 N–H and O–H groups in total. The molecule has 0 fully saturated rings. The molecule has 1 atom stereocenters. The standard InChI is InChI=1S/C16H27N/c1-12(2)16(15(3,4)5)9-7-14-13(11-16)8-10-17(14)6/h8,10,12H,7,9,11H2,1-6H3. The van der Waals surface area contributed by atoms with Crippen LogP contribution in [0.2, 0.25) is 0 Å². The first-order valence-electron chi connectivity index (χ1n) is 6.91. The topological polar surface area (TPSA) is 4.93 Å². The van der Waals surface area contributed by atoms with E-state index in [2.05, 4.69) is 58.5 Å². The van der Waals surface area contributed by atoms with Gasteiger partial charge in [0.05, 0.1) is 0 Å². The van der Waals surface area contributed by atoms with Crippen LogP contribution in [-0.2, 0) is 19.9 Å². The number of rotatable bonds is 1. The van der Waals surface area contributed by atoms with Gasteiger partial charge in [-0.05, 0) is 47.6 Å². The van der Waals surface area contributed by atoms with Gasteiger partial charge >= 0.3 is 0 Å². The summed E-state index contributed by atoms with van der Waals surface area (Å²) in [5.74, 6) is 0.746. The van der Waals surface area contributed by atoms with Crippen molar-refractivity contribution in [1.29, 1.82) is 0 Å². The number of aromatic nitrogens is 1. The van der Waals surface area contributed by atoms with Crippen molar-refractivity contribution < 1.29 is 0 Å². The highest BCUT2D eigenvalue weighted by Crippen LogP contribution is 2.53. The van der Waals surface area contributed by atoms with E-state index in [1.807, 2.05) is 0 Å². The Kier molecular flexibility index (Phi) is 2.92. The van der Waals surface area contributed by atoms with E-state index in [1.165, 1.54) is 19.3 Å². The van der Waals surface area contributed by atoms with E-state index >= 15 is 0 Å². The molecule has 1 unspecified atom stereocenters. The lowest BCUT2D eigenvalue weighted by Crippen LogP contribution is -2.44. The minimum Gasteiger partial charge on any atom is -0.354 e. The van der Waals surface area contributed by atoms with Gasteiger partial charge in [0.25, 0.3) is 0 Å². The van der Waals surface area contributed by atoms with Gasteiger partial charge in [0.1, 0.15) is 0 Å². The number of hydrogen-bond acceptors (Lipinski definition) is 0. The van der Waals surface area contributed by atoms with Gasteiger partial charge in [0, 0.05) is 18.9 Å². The molecule has 1 heterocycles. The number of fused-ring (bicyclic) bond motifs is 1. The predicted molar refractivity (Wildman–Crippen MR) is 74.2 cm³/mol. The first-order valence-corrected chi connectivity index (χ1v) is 6.91. The van der Waals surface area contributed by atoms with Crippen LogP contribution in [0.25, 0.3) is 0 Å². The van der Waals surface area contributed by atoms with E-state index < -0.39 is 0 Å². The van der Waals surface area contributed by atoms with E-state index in [0.717, 1.165) is 5.92 Å². The van der Waals surface area contributed by atoms with Crippen LogP contribution in [0, 0.1) is 16.7 Å². The normalized spacial score (nSPS) is 25.1. The minimum absolute atomic E-state index is 0.384. The first kappa shape index (κ1) is 12.7. The summed E-state index contributed by atoms with van der Waals surface area (Å²) in [6.45, 7) is 12.1. The fourth-order valence-corrected chi connectivity index (χ4v) is 3.88. The molecule has 0 bridgehead atoms. The SMILES string of the molecule is CC(C)C1(C(C)(C)C)CCc2c(ccn2C)C1. The molecule has 0 aromatic carbocycles. The predicted octanol–water partition coefficient (Wildman–Crippen LogP) is 4.20. The Bertz CT molecular complexity index is 406. The molecule has 1 aromatic rings. The maximum absolute atomic E-state index is 2.42. The highest BCUT2D eigenvalue weighted by molar-refractivity contribution is 5.28. The second kappa shape index (κ2) is 3.90. The van der Waals surface area contributed by atoms with Gasteiger partial charge in [0.2, 0.25) is 0 Å². The summed E-state index contributed by atoms with van der Waals surface area (Å²) >= 11 is 0. The first-order chi connectivity index (χ1) is 7.78. The van der Waals surface area contributed by atoms with Gasteiger partial charge < -0.3 is 4.57 Å². The Balaban J connectivity index is 2.42. The zero-order valence-corrected chi connectivity index (χ0v) is 12.3. The van der Waals surface area contributed by atoms with Crippen molar-refractivity contribution >= 4 is 0 Å². The zero-order valence-electron chi connectivity index (χ0n) is 12.3. The Hall–Kier alpha value is -0.720. The van der Waals surface area contributed by atoms with Crippen LogP contribution in [0.3, 0.4) is 0 Å². The largest absolute Gasteiger partial charge is 0.354 e. The summed E-state index contributed by atoms with van der Waals surface area (Å²) in [5, 5.41) is 0. The maximum Gasteiger partial charge on any atom is 0.0204 e. The molecule has 96 valence electrons. The second-order valence-corrected chi connectivity index (χ2v) is 7.14. The summed E-state index contributed by atoms with van der Waals surface area (Å²) in [7, 11) is 2.18. The van der Waals surface area contributed by atoms with Gasteiger partial charge in [-0.3, -0.25) is 0 Å². The summed E-state index contributed by atoms with van der Waals surface area (Å²) in [4.78, 5) is 0. The fraction of sp³-hybridized carbons (Fsp3) is 0.750. The zero-order chi connectivity index (χ0) is 12.8. The third-order valence-electron chi connectivity index (χ3n) is 5.21. The average molecular weight is 233 g/mol. The molecule has 1 nitrogen and oxygen atoms in total. The van der Waals surface area contributed by atoms with Crippen LogP contribution >= 0.6 is 0 Å². The number of nitrogens with zero attached hydrogens (tertiary/aromatic N) is 1. The Morgan fingerprint density at radius 2 is 1.94 bits per heavy atom. The van der Waals surface area contributed by atoms with Gasteiger partial charge in [-0.15, -0.1) is 0 Å². The molecule has 0 saturated carbocycles. The number of aryl methyl sites for hydroxylation is 1. The monoisotopic (exact) mass is 233 g/mol. The smallest absolute Gasteiger partial charge is 0.0204 e. The summed E-state index contributed by atoms with van der Waals surface area (Å²) in [6.07, 6.45) is 6.06. The molecular formula is C16H27N. The van der Waals surface area contributed by atoms with E-state index in [4.69, 9.17) is 0 Å². The van der Waals surface area contributed by atoms with E-state index in [1.54, 1.807) is 11.3 Å². The van der Waals surface area contributed by atoms with Crippen LogP contribution in [0.15, 0.2) is 12.3 Å². The van der Waals surface area contributed by atoms with Gasteiger partial charge in [-0.2, -0.15) is 0 Å². The molecule has 1 aromatic heterocycles. The average Bonchev–Trinajstić information content (AvgIpc) is 2.57. The quantitative estimate of drug-likeness (QED) is 0.685. The van der Waals surface area contributed by atoms with Crippen molar-refractivity contribution in [3.8, 4) is 0 Å². The molecule has 0 aliphatic heterocycles. The lowest BCUT2D eigenvalue weighted by molar-refractivity contribution is 0.0143. The highest BCUT2D eigenvalue weighted by atomic mass is 14.9. The Morgan fingerprint density at radius 3 is 2.47 bits per heavy atom. The molecule has 1 heteroatoms. The second-order valence-electron chi connectivity index (χ2n) is 7.14. The van der Waals surface area contributed by atoms with Gasteiger partial charge in [-0.1, -0.05) is 34.6 Å². The highest BCUT2D eigenvalue weighted by Gasteiger charge is 2.46. The lowest BCUT2D eigenvalue weighted by atomic mass is 9.54. The Morgan fingerprint density at radius 1 is 1.29 bits per heavy atom. The third-order valence-corrected chi connectivity index (χ3v) is 5.21. The van der Waals surface area contributed by atoms with Crippen LogP contribution < -0.4 is 0 Å². The Labute approximate surface area is 106 Å². The van der Waals surface area contributed by atoms with Crippen molar-refractivity contribution in [1.82, 2.24) is 4.57 Å². The van der Waals surface area contributed by atoms with E-state index in [9.17, 15) is 0 Å². The molecule has 0 amide bonds. The van der Waals surface area contributed by atoms with Crippen LogP contribution in [0.5, 0.6) is 0 Å². The van der Waals surface area contributed by atoms with Gasteiger partial charge in [-0.25, -0.2) is 0 Å². The van der Waals surface area contributed by atoms with Crippen molar-refractivity contribution in [3.63, 3.8) is 0 Å². The third kappa shape index (κ3) is 1.84. The molecule has 1 aliphatic carbocycles. The van der Waals surface area contributed by atoms with Crippen molar-refractivity contribution in [2.45, 2.75) is 53.9 Å². The fourth-order valence-electron chi connectivity index (χ4n) is 3.88. The molecule has 1 aliphatic rings. The van der Waals surface area contributed by atoms with E-state index in [-0.39, 0.29) is 0 Å². The molecule has 0 saturated heterocycles. The van der Waals surface area contributed by atoms with Crippen molar-refractivity contribution in [2.24, 2.45) is 23.8 Å². The maximum atomic E-state index is 2.42. The molecule has 2 rings (SSSR count). The molecule has 0 spiro atoms. The number of hydrogen-bond donors (Lipinski definition) is 0. The van der Waals surface area contributed by atoms with Crippen LogP contribution in [0.4, 0.5) is 0 Å². The minimum atomic E-state index is 0.384. The van der Waals surface area contributed by atoms with Crippen LogP contribution in [0.1, 0.15) is 52.3 Å². The van der Waals surface area contributed by atoms with Crippen molar-refractivity contribution in [3.05, 3.63) is 23.5 Å². The lowest BCUT2D eigenvalue weighted by Gasteiger charge is -2.51. The molecular weight excluding hydrogens is 206 g/mol. The summed E-state index contributed by atoms with van der Waals surface area (Å²) in [6, 6.07) is 2.33. The summed E-state index contributed by atoms with van der Waals surface area (Å²) < 4.78 is 2.31. The molecule has 0 radical (unpaired) electrons. The summed E-state index contributed by atoms with van der Waals surface area (Å²) in [5.41, 5.74) is 3.99. The van der Waals surface area contributed by atoms with E-state index in [0.29, 0.717) is 10.8 Å².